The molecule has 8 heteroatoms. The zero-order chi connectivity index (χ0) is 24.9. The molecule has 0 atom stereocenters. The Labute approximate surface area is 204 Å². The first-order valence-electron chi connectivity index (χ1n) is 11.6. The van der Waals surface area contributed by atoms with Crippen molar-refractivity contribution in [3.63, 3.8) is 0 Å². The fourth-order valence-electron chi connectivity index (χ4n) is 4.03. The number of benzene rings is 2. The number of amides is 1. The molecule has 0 aliphatic heterocycles. The molecule has 1 N–H and O–H groups in total. The number of carbonyl (C=O) groups is 1. The molecule has 0 aliphatic rings. The van der Waals surface area contributed by atoms with E-state index >= 15 is 0 Å². The Morgan fingerprint density at radius 1 is 1.03 bits per heavy atom. The number of hydrogen-bond acceptors (Lipinski definition) is 6. The van der Waals surface area contributed by atoms with Gasteiger partial charge >= 0.3 is 0 Å². The van der Waals surface area contributed by atoms with Gasteiger partial charge in [-0.05, 0) is 63.1 Å². The number of aromatic nitrogens is 3. The molecule has 0 saturated heterocycles. The van der Waals surface area contributed by atoms with Gasteiger partial charge in [0.05, 0.1) is 37.3 Å². The van der Waals surface area contributed by atoms with Crippen LogP contribution in [0.5, 0.6) is 17.2 Å². The van der Waals surface area contributed by atoms with E-state index in [0.717, 1.165) is 28.1 Å². The molecular formula is C27H30N4O4. The van der Waals surface area contributed by atoms with Crippen LogP contribution in [0.25, 0.3) is 16.8 Å². The summed E-state index contributed by atoms with van der Waals surface area (Å²) in [5, 5.41) is 7.65. The fraction of sp³-hybridized carbons (Fsp3) is 0.296. The molecule has 4 rings (SSSR count). The molecule has 2 heterocycles. The van der Waals surface area contributed by atoms with Gasteiger partial charge in [0.15, 0.2) is 17.1 Å². The van der Waals surface area contributed by atoms with Gasteiger partial charge in [0, 0.05) is 18.3 Å². The molecular weight excluding hydrogens is 444 g/mol. The van der Waals surface area contributed by atoms with Crippen LogP contribution in [-0.4, -0.2) is 40.8 Å². The van der Waals surface area contributed by atoms with Gasteiger partial charge in [-0.15, -0.1) is 0 Å². The molecule has 1 amide bonds. The van der Waals surface area contributed by atoms with E-state index in [2.05, 4.69) is 10.3 Å². The van der Waals surface area contributed by atoms with Crippen LogP contribution in [0.3, 0.4) is 0 Å². The van der Waals surface area contributed by atoms with Crippen LogP contribution in [-0.2, 0) is 6.54 Å². The van der Waals surface area contributed by atoms with E-state index in [0.29, 0.717) is 48.2 Å². The standard InChI is InChI=1S/C27H30N4O4/c1-6-34-23-12-11-20(14-24(23)35-7-2)25-17(3)30-31-18(4)22(16-28-26(25)31)27(32)29-15-19-9-8-10-21(13-19)33-5/h8-14,16H,6-7,15H2,1-5H3,(H,29,32). The highest BCUT2D eigenvalue weighted by Crippen LogP contribution is 2.36. The normalized spacial score (nSPS) is 10.9. The third kappa shape index (κ3) is 4.91. The molecule has 0 spiro atoms. The quantitative estimate of drug-likeness (QED) is 0.377. The molecule has 0 bridgehead atoms. The Balaban J connectivity index is 1.65. The molecule has 0 unspecified atom stereocenters. The molecule has 0 aliphatic carbocycles. The van der Waals surface area contributed by atoms with Gasteiger partial charge in [0.2, 0.25) is 0 Å². The molecule has 35 heavy (non-hydrogen) atoms. The van der Waals surface area contributed by atoms with Gasteiger partial charge in [-0.25, -0.2) is 9.50 Å². The highest BCUT2D eigenvalue weighted by atomic mass is 16.5. The van der Waals surface area contributed by atoms with Crippen LogP contribution >= 0.6 is 0 Å². The van der Waals surface area contributed by atoms with E-state index in [-0.39, 0.29) is 5.91 Å². The molecule has 0 fully saturated rings. The topological polar surface area (TPSA) is 87.0 Å². The van der Waals surface area contributed by atoms with E-state index in [4.69, 9.17) is 19.3 Å². The second kappa shape index (κ2) is 10.5. The maximum Gasteiger partial charge on any atom is 0.254 e. The average molecular weight is 475 g/mol. The molecule has 2 aromatic heterocycles. The fourth-order valence-corrected chi connectivity index (χ4v) is 4.03. The maximum atomic E-state index is 13.0. The molecule has 182 valence electrons. The highest BCUT2D eigenvalue weighted by molar-refractivity contribution is 5.95. The number of methoxy groups -OCH3 is 1. The Hall–Kier alpha value is -4.07. The van der Waals surface area contributed by atoms with Crippen molar-refractivity contribution >= 4 is 11.6 Å². The third-order valence-electron chi connectivity index (χ3n) is 5.72. The number of rotatable bonds is 9. The molecule has 2 aromatic carbocycles. The van der Waals surface area contributed by atoms with Gasteiger partial charge in [0.1, 0.15) is 5.75 Å². The number of hydrogen-bond donors (Lipinski definition) is 1. The van der Waals surface area contributed by atoms with Crippen molar-refractivity contribution in [1.29, 1.82) is 0 Å². The summed E-state index contributed by atoms with van der Waals surface area (Å²) in [6.07, 6.45) is 1.61. The van der Waals surface area contributed by atoms with E-state index in [1.54, 1.807) is 17.8 Å². The van der Waals surface area contributed by atoms with Crippen LogP contribution < -0.4 is 19.5 Å². The van der Waals surface area contributed by atoms with Crippen molar-refractivity contribution in [1.82, 2.24) is 19.9 Å². The van der Waals surface area contributed by atoms with Crippen LogP contribution in [0.2, 0.25) is 0 Å². The van der Waals surface area contributed by atoms with Crippen LogP contribution in [0.4, 0.5) is 0 Å². The Kier molecular flexibility index (Phi) is 7.19. The SMILES string of the molecule is CCOc1ccc(-c2c(C)nn3c(C)c(C(=O)NCc4cccc(OC)c4)cnc23)cc1OCC. The summed E-state index contributed by atoms with van der Waals surface area (Å²) < 4.78 is 18.5. The van der Waals surface area contributed by atoms with E-state index in [1.165, 1.54) is 0 Å². The van der Waals surface area contributed by atoms with Gasteiger partial charge in [-0.2, -0.15) is 5.10 Å². The van der Waals surface area contributed by atoms with Crippen LogP contribution in [0.1, 0.15) is 41.2 Å². The van der Waals surface area contributed by atoms with Gasteiger partial charge in [-0.1, -0.05) is 18.2 Å². The van der Waals surface area contributed by atoms with Gasteiger partial charge in [0.25, 0.3) is 5.91 Å². The lowest BCUT2D eigenvalue weighted by atomic mass is 10.1. The predicted octanol–water partition coefficient (Wildman–Crippen LogP) is 4.75. The van der Waals surface area contributed by atoms with Crippen molar-refractivity contribution in [2.75, 3.05) is 20.3 Å². The smallest absolute Gasteiger partial charge is 0.254 e. The Bertz CT molecular complexity index is 1360. The zero-order valence-corrected chi connectivity index (χ0v) is 20.7. The molecule has 8 nitrogen and oxygen atoms in total. The lowest BCUT2D eigenvalue weighted by molar-refractivity contribution is 0.0949. The van der Waals surface area contributed by atoms with Gasteiger partial charge < -0.3 is 19.5 Å². The average Bonchev–Trinajstić information content (AvgIpc) is 3.21. The second-order valence-electron chi connectivity index (χ2n) is 8.01. The van der Waals surface area contributed by atoms with Crippen LogP contribution in [0.15, 0.2) is 48.7 Å². The van der Waals surface area contributed by atoms with E-state index in [1.807, 2.05) is 70.2 Å². The minimum Gasteiger partial charge on any atom is -0.497 e. The minimum atomic E-state index is -0.214. The number of aryl methyl sites for hydroxylation is 2. The number of nitrogens with one attached hydrogen (secondary N) is 1. The van der Waals surface area contributed by atoms with Crippen molar-refractivity contribution in [2.45, 2.75) is 34.2 Å². The lowest BCUT2D eigenvalue weighted by Gasteiger charge is -2.12. The monoisotopic (exact) mass is 474 g/mol. The van der Waals surface area contributed by atoms with Crippen molar-refractivity contribution in [3.8, 4) is 28.4 Å². The number of carbonyl (C=O) groups excluding carboxylic acids is 1. The summed E-state index contributed by atoms with van der Waals surface area (Å²) >= 11 is 0. The van der Waals surface area contributed by atoms with Crippen molar-refractivity contribution in [2.24, 2.45) is 0 Å². The summed E-state index contributed by atoms with van der Waals surface area (Å²) in [4.78, 5) is 17.6. The largest absolute Gasteiger partial charge is 0.497 e. The first-order valence-corrected chi connectivity index (χ1v) is 11.6. The predicted molar refractivity (Wildman–Crippen MR) is 134 cm³/mol. The number of nitrogens with zero attached hydrogens (tertiary/aromatic N) is 3. The Morgan fingerprint density at radius 3 is 2.54 bits per heavy atom. The summed E-state index contributed by atoms with van der Waals surface area (Å²) in [7, 11) is 1.62. The van der Waals surface area contributed by atoms with Crippen molar-refractivity contribution < 1.29 is 19.0 Å². The van der Waals surface area contributed by atoms with E-state index < -0.39 is 0 Å². The summed E-state index contributed by atoms with van der Waals surface area (Å²) in [5.74, 6) is 1.91. The third-order valence-corrected chi connectivity index (χ3v) is 5.72. The number of ether oxygens (including phenoxy) is 3. The first kappa shape index (κ1) is 24.1. The first-order chi connectivity index (χ1) is 17.0. The maximum absolute atomic E-state index is 13.0. The second-order valence-corrected chi connectivity index (χ2v) is 8.01. The number of fused-ring (bicyclic) bond motifs is 1. The van der Waals surface area contributed by atoms with E-state index in [9.17, 15) is 4.79 Å². The molecule has 0 radical (unpaired) electrons. The summed E-state index contributed by atoms with van der Waals surface area (Å²) in [5.41, 5.74) is 5.42. The zero-order valence-electron chi connectivity index (χ0n) is 20.7. The van der Waals surface area contributed by atoms with Crippen LogP contribution in [0, 0.1) is 13.8 Å². The Morgan fingerprint density at radius 2 is 1.80 bits per heavy atom. The van der Waals surface area contributed by atoms with Crippen molar-refractivity contribution in [3.05, 3.63) is 71.2 Å². The lowest BCUT2D eigenvalue weighted by Crippen LogP contribution is -2.24. The highest BCUT2D eigenvalue weighted by Gasteiger charge is 2.20. The summed E-state index contributed by atoms with van der Waals surface area (Å²) in [6, 6.07) is 13.4. The molecule has 4 aromatic rings. The minimum absolute atomic E-state index is 0.214. The summed E-state index contributed by atoms with van der Waals surface area (Å²) in [6.45, 7) is 9.15. The molecule has 0 saturated carbocycles. The van der Waals surface area contributed by atoms with Gasteiger partial charge in [-0.3, -0.25) is 4.79 Å².